The van der Waals surface area contributed by atoms with Crippen molar-refractivity contribution in [2.75, 3.05) is 13.7 Å². The molecule has 0 heterocycles. The SMILES string of the molecule is COCC(NC(=O)C1CCCC1O)c1ccc(F)c(F)c1. The zero-order valence-corrected chi connectivity index (χ0v) is 11.8. The van der Waals surface area contributed by atoms with Crippen molar-refractivity contribution in [2.45, 2.75) is 31.4 Å². The molecule has 1 fully saturated rings. The molecule has 4 nitrogen and oxygen atoms in total. The number of nitrogens with one attached hydrogen (secondary N) is 1. The number of ether oxygens (including phenoxy) is 1. The fraction of sp³-hybridized carbons (Fsp3) is 0.533. The first-order valence-electron chi connectivity index (χ1n) is 6.95. The van der Waals surface area contributed by atoms with Crippen LogP contribution in [0.25, 0.3) is 0 Å². The van der Waals surface area contributed by atoms with Crippen LogP contribution in [0.1, 0.15) is 30.9 Å². The maximum absolute atomic E-state index is 13.3. The van der Waals surface area contributed by atoms with E-state index in [1.54, 1.807) is 0 Å². The number of carbonyl (C=O) groups is 1. The van der Waals surface area contributed by atoms with Gasteiger partial charge >= 0.3 is 0 Å². The summed E-state index contributed by atoms with van der Waals surface area (Å²) in [5, 5.41) is 12.5. The first kappa shape index (κ1) is 15.9. The summed E-state index contributed by atoms with van der Waals surface area (Å²) in [6.45, 7) is 0.139. The summed E-state index contributed by atoms with van der Waals surface area (Å²) in [4.78, 5) is 12.2. The highest BCUT2D eigenvalue weighted by molar-refractivity contribution is 5.80. The van der Waals surface area contributed by atoms with E-state index in [0.29, 0.717) is 18.4 Å². The number of carbonyl (C=O) groups excluding carboxylic acids is 1. The molecule has 1 aromatic carbocycles. The summed E-state index contributed by atoms with van der Waals surface area (Å²) in [7, 11) is 1.46. The van der Waals surface area contributed by atoms with Crippen LogP contribution < -0.4 is 5.32 Å². The Morgan fingerprint density at radius 2 is 2.19 bits per heavy atom. The highest BCUT2D eigenvalue weighted by Gasteiger charge is 2.32. The van der Waals surface area contributed by atoms with Gasteiger partial charge in [-0.25, -0.2) is 8.78 Å². The molecule has 116 valence electrons. The van der Waals surface area contributed by atoms with E-state index in [1.165, 1.54) is 13.2 Å². The topological polar surface area (TPSA) is 58.6 Å². The van der Waals surface area contributed by atoms with Crippen molar-refractivity contribution < 1.29 is 23.4 Å². The fourth-order valence-corrected chi connectivity index (χ4v) is 2.64. The van der Waals surface area contributed by atoms with Crippen molar-refractivity contribution in [3.05, 3.63) is 35.4 Å². The molecule has 1 saturated carbocycles. The lowest BCUT2D eigenvalue weighted by Crippen LogP contribution is -2.38. The molecular formula is C15H19F2NO3. The van der Waals surface area contributed by atoms with Crippen molar-refractivity contribution in [3.63, 3.8) is 0 Å². The third-order valence-corrected chi connectivity index (χ3v) is 3.81. The van der Waals surface area contributed by atoms with Gasteiger partial charge in [-0.3, -0.25) is 4.79 Å². The maximum atomic E-state index is 13.3. The van der Waals surface area contributed by atoms with E-state index in [1.807, 2.05) is 0 Å². The second-order valence-electron chi connectivity index (χ2n) is 5.29. The van der Waals surface area contributed by atoms with Gasteiger partial charge in [-0.05, 0) is 37.0 Å². The average molecular weight is 299 g/mol. The van der Waals surface area contributed by atoms with E-state index in [0.717, 1.165) is 18.6 Å². The Bertz CT molecular complexity index is 510. The van der Waals surface area contributed by atoms with Crippen molar-refractivity contribution in [1.82, 2.24) is 5.32 Å². The Hall–Kier alpha value is -1.53. The van der Waals surface area contributed by atoms with Crippen LogP contribution in [0.15, 0.2) is 18.2 Å². The van der Waals surface area contributed by atoms with Gasteiger partial charge in [-0.1, -0.05) is 6.07 Å². The largest absolute Gasteiger partial charge is 0.392 e. The predicted octanol–water partition coefficient (Wildman–Crippen LogP) is 1.93. The fourth-order valence-electron chi connectivity index (χ4n) is 2.64. The van der Waals surface area contributed by atoms with E-state index in [-0.39, 0.29) is 12.5 Å². The molecule has 1 amide bonds. The number of amides is 1. The van der Waals surface area contributed by atoms with Crippen LogP contribution in [0.5, 0.6) is 0 Å². The van der Waals surface area contributed by atoms with E-state index < -0.39 is 29.7 Å². The molecule has 0 aromatic heterocycles. The van der Waals surface area contributed by atoms with Crippen molar-refractivity contribution >= 4 is 5.91 Å². The molecule has 6 heteroatoms. The van der Waals surface area contributed by atoms with E-state index >= 15 is 0 Å². The lowest BCUT2D eigenvalue weighted by atomic mass is 10.0. The predicted molar refractivity (Wildman–Crippen MR) is 72.5 cm³/mol. The number of aliphatic hydroxyl groups is 1. The highest BCUT2D eigenvalue weighted by Crippen LogP contribution is 2.27. The first-order chi connectivity index (χ1) is 10.0. The minimum absolute atomic E-state index is 0.139. The lowest BCUT2D eigenvalue weighted by molar-refractivity contribution is -0.128. The maximum Gasteiger partial charge on any atom is 0.226 e. The number of halogens is 2. The minimum atomic E-state index is -0.969. The Kier molecular flexibility index (Phi) is 5.25. The van der Waals surface area contributed by atoms with Gasteiger partial charge in [0.2, 0.25) is 5.91 Å². The van der Waals surface area contributed by atoms with Gasteiger partial charge in [0.05, 0.1) is 24.7 Å². The number of benzene rings is 1. The summed E-state index contributed by atoms with van der Waals surface area (Å²) in [6, 6.07) is 2.90. The van der Waals surface area contributed by atoms with E-state index in [4.69, 9.17) is 4.74 Å². The van der Waals surface area contributed by atoms with Crippen LogP contribution in [0, 0.1) is 17.6 Å². The van der Waals surface area contributed by atoms with Gasteiger partial charge < -0.3 is 15.2 Å². The van der Waals surface area contributed by atoms with Crippen molar-refractivity contribution in [2.24, 2.45) is 5.92 Å². The molecule has 0 saturated heterocycles. The number of hydrogen-bond donors (Lipinski definition) is 2. The van der Waals surface area contributed by atoms with Crippen molar-refractivity contribution in [1.29, 1.82) is 0 Å². The Labute approximate surface area is 122 Å². The molecular weight excluding hydrogens is 280 g/mol. The lowest BCUT2D eigenvalue weighted by Gasteiger charge is -2.22. The van der Waals surface area contributed by atoms with Crippen molar-refractivity contribution in [3.8, 4) is 0 Å². The molecule has 3 unspecified atom stereocenters. The minimum Gasteiger partial charge on any atom is -0.392 e. The monoisotopic (exact) mass is 299 g/mol. The third-order valence-electron chi connectivity index (χ3n) is 3.81. The second kappa shape index (κ2) is 6.95. The smallest absolute Gasteiger partial charge is 0.226 e. The third kappa shape index (κ3) is 3.77. The Balaban J connectivity index is 2.11. The van der Waals surface area contributed by atoms with Gasteiger partial charge in [0.1, 0.15) is 0 Å². The van der Waals surface area contributed by atoms with Gasteiger partial charge in [0, 0.05) is 7.11 Å². The molecule has 0 bridgehead atoms. The highest BCUT2D eigenvalue weighted by atomic mass is 19.2. The summed E-state index contributed by atoms with van der Waals surface area (Å²) in [5.74, 6) is -2.64. The molecule has 2 rings (SSSR count). The van der Waals surface area contributed by atoms with Gasteiger partial charge in [0.15, 0.2) is 11.6 Å². The van der Waals surface area contributed by atoms with Crippen LogP contribution in [0.3, 0.4) is 0 Å². The number of rotatable bonds is 5. The van der Waals surface area contributed by atoms with Crippen LogP contribution in [-0.4, -0.2) is 30.8 Å². The normalized spacial score (nSPS) is 23.0. The first-order valence-corrected chi connectivity index (χ1v) is 6.95. The molecule has 3 atom stereocenters. The van der Waals surface area contributed by atoms with Gasteiger partial charge in [0.25, 0.3) is 0 Å². The van der Waals surface area contributed by atoms with E-state index in [2.05, 4.69) is 5.32 Å². The molecule has 0 spiro atoms. The van der Waals surface area contributed by atoms with Gasteiger partial charge in [-0.2, -0.15) is 0 Å². The van der Waals surface area contributed by atoms with Crippen LogP contribution in [0.4, 0.5) is 8.78 Å². The zero-order chi connectivity index (χ0) is 15.4. The molecule has 1 aliphatic rings. The second-order valence-corrected chi connectivity index (χ2v) is 5.29. The number of methoxy groups -OCH3 is 1. The molecule has 21 heavy (non-hydrogen) atoms. The summed E-state index contributed by atoms with van der Waals surface area (Å²) < 4.78 is 31.3. The Morgan fingerprint density at radius 1 is 1.43 bits per heavy atom. The standard InChI is InChI=1S/C15H19F2NO3/c1-21-8-13(9-5-6-11(16)12(17)7-9)18-15(20)10-3-2-4-14(10)19/h5-7,10,13-14,19H,2-4,8H2,1H3,(H,18,20). The summed E-state index contributed by atoms with van der Waals surface area (Å²) in [6.07, 6.45) is 1.40. The average Bonchev–Trinajstić information content (AvgIpc) is 2.87. The molecule has 0 aliphatic heterocycles. The summed E-state index contributed by atoms with van der Waals surface area (Å²) >= 11 is 0. The van der Waals surface area contributed by atoms with Crippen LogP contribution >= 0.6 is 0 Å². The van der Waals surface area contributed by atoms with Gasteiger partial charge in [-0.15, -0.1) is 0 Å². The molecule has 0 radical (unpaired) electrons. The van der Waals surface area contributed by atoms with E-state index in [9.17, 15) is 18.7 Å². The Morgan fingerprint density at radius 3 is 2.76 bits per heavy atom. The molecule has 2 N–H and O–H groups in total. The number of hydrogen-bond acceptors (Lipinski definition) is 3. The molecule has 1 aromatic rings. The quantitative estimate of drug-likeness (QED) is 0.873. The van der Waals surface area contributed by atoms with Crippen LogP contribution in [-0.2, 0) is 9.53 Å². The zero-order valence-electron chi connectivity index (χ0n) is 11.8. The molecule has 1 aliphatic carbocycles. The van der Waals surface area contributed by atoms with Crippen LogP contribution in [0.2, 0.25) is 0 Å². The number of aliphatic hydroxyl groups excluding tert-OH is 1. The summed E-state index contributed by atoms with van der Waals surface area (Å²) in [5.41, 5.74) is 0.427.